The molecule has 1 aromatic carbocycles. The van der Waals surface area contributed by atoms with Crippen LogP contribution in [-0.4, -0.2) is 48.6 Å². The van der Waals surface area contributed by atoms with Gasteiger partial charge in [0.25, 0.3) is 5.56 Å². The van der Waals surface area contributed by atoms with Crippen molar-refractivity contribution in [3.8, 4) is 5.75 Å². The Morgan fingerprint density at radius 2 is 2.00 bits per heavy atom. The van der Waals surface area contributed by atoms with Gasteiger partial charge in [0.1, 0.15) is 10.6 Å². The molecule has 1 amide bonds. The average Bonchev–Trinajstić information content (AvgIpc) is 3.21. The molecule has 0 aliphatic heterocycles. The summed E-state index contributed by atoms with van der Waals surface area (Å²) in [4.78, 5) is 32.7. The highest BCUT2D eigenvalue weighted by Crippen LogP contribution is 2.34. The van der Waals surface area contributed by atoms with Crippen LogP contribution in [0.4, 0.5) is 0 Å². The van der Waals surface area contributed by atoms with E-state index in [1.807, 2.05) is 24.3 Å². The second-order valence-corrected chi connectivity index (χ2v) is 10.00. The van der Waals surface area contributed by atoms with Crippen LogP contribution in [0.1, 0.15) is 28.8 Å². The van der Waals surface area contributed by atoms with Crippen molar-refractivity contribution in [1.29, 1.82) is 0 Å². The van der Waals surface area contributed by atoms with Gasteiger partial charge in [0, 0.05) is 18.5 Å². The number of carbonyl (C=O) groups is 1. The number of hydrogen-bond donors (Lipinski definition) is 1. The molecule has 33 heavy (non-hydrogen) atoms. The molecular formula is C24H29N3O4S2. The normalized spacial score (nSPS) is 13.2. The van der Waals surface area contributed by atoms with Crippen LogP contribution in [0.3, 0.4) is 0 Å². The number of hydrogen-bond acceptors (Lipinski definition) is 7. The van der Waals surface area contributed by atoms with Gasteiger partial charge < -0.3 is 14.8 Å². The molecule has 0 saturated heterocycles. The first-order valence-corrected chi connectivity index (χ1v) is 13.0. The molecule has 0 bridgehead atoms. The molecule has 0 atom stereocenters. The van der Waals surface area contributed by atoms with E-state index in [2.05, 4.69) is 5.32 Å². The van der Waals surface area contributed by atoms with Gasteiger partial charge in [-0.25, -0.2) is 4.98 Å². The quantitative estimate of drug-likeness (QED) is 0.349. The number of aromatic nitrogens is 2. The minimum absolute atomic E-state index is 0.0149. The van der Waals surface area contributed by atoms with E-state index in [4.69, 9.17) is 14.5 Å². The largest absolute Gasteiger partial charge is 0.497 e. The second kappa shape index (κ2) is 11.2. The van der Waals surface area contributed by atoms with Crippen LogP contribution in [0.2, 0.25) is 0 Å². The minimum Gasteiger partial charge on any atom is -0.497 e. The molecule has 1 aliphatic carbocycles. The number of aryl methyl sites for hydroxylation is 2. The third-order valence-corrected chi connectivity index (χ3v) is 7.95. The Hall–Kier alpha value is -2.36. The lowest BCUT2D eigenvalue weighted by atomic mass is 9.97. The number of methoxy groups -OCH3 is 2. The number of rotatable bonds is 10. The number of thioether (sulfide) groups is 1. The van der Waals surface area contributed by atoms with Crippen molar-refractivity contribution in [3.05, 3.63) is 50.6 Å². The van der Waals surface area contributed by atoms with Gasteiger partial charge in [-0.05, 0) is 55.4 Å². The average molecular weight is 488 g/mol. The number of fused-ring (bicyclic) bond motifs is 3. The predicted molar refractivity (Wildman–Crippen MR) is 133 cm³/mol. The molecule has 0 radical (unpaired) electrons. The lowest BCUT2D eigenvalue weighted by Crippen LogP contribution is -2.29. The van der Waals surface area contributed by atoms with Gasteiger partial charge in [-0.1, -0.05) is 23.9 Å². The Bertz CT molecular complexity index is 1170. The summed E-state index contributed by atoms with van der Waals surface area (Å²) >= 11 is 2.94. The van der Waals surface area contributed by atoms with Crippen LogP contribution in [0.15, 0.2) is 34.2 Å². The molecule has 4 rings (SSSR count). The maximum Gasteiger partial charge on any atom is 0.263 e. The third kappa shape index (κ3) is 5.59. The Balaban J connectivity index is 1.43. The summed E-state index contributed by atoms with van der Waals surface area (Å²) < 4.78 is 12.1. The van der Waals surface area contributed by atoms with Crippen LogP contribution in [0.25, 0.3) is 10.2 Å². The summed E-state index contributed by atoms with van der Waals surface area (Å²) in [5.41, 5.74) is 2.29. The zero-order valence-corrected chi connectivity index (χ0v) is 20.7. The number of nitrogens with zero attached hydrogens (tertiary/aromatic N) is 2. The smallest absolute Gasteiger partial charge is 0.263 e. The first-order valence-electron chi connectivity index (χ1n) is 11.2. The van der Waals surface area contributed by atoms with Crippen LogP contribution >= 0.6 is 23.1 Å². The zero-order valence-electron chi connectivity index (χ0n) is 19.0. The monoisotopic (exact) mass is 487 g/mol. The Morgan fingerprint density at radius 3 is 2.76 bits per heavy atom. The lowest BCUT2D eigenvalue weighted by molar-refractivity contribution is -0.118. The fraction of sp³-hybridized carbons (Fsp3) is 0.458. The molecule has 176 valence electrons. The van der Waals surface area contributed by atoms with Gasteiger partial charge in [0.15, 0.2) is 5.16 Å². The van der Waals surface area contributed by atoms with Crippen molar-refractivity contribution >= 4 is 39.2 Å². The fourth-order valence-electron chi connectivity index (χ4n) is 4.03. The first-order chi connectivity index (χ1) is 16.1. The van der Waals surface area contributed by atoms with Crippen molar-refractivity contribution < 1.29 is 14.3 Å². The van der Waals surface area contributed by atoms with Crippen LogP contribution < -0.4 is 15.6 Å². The Kier molecular flexibility index (Phi) is 8.06. The van der Waals surface area contributed by atoms with Crippen LogP contribution in [0.5, 0.6) is 5.75 Å². The molecule has 0 fully saturated rings. The van der Waals surface area contributed by atoms with Crippen molar-refractivity contribution in [1.82, 2.24) is 14.9 Å². The summed E-state index contributed by atoms with van der Waals surface area (Å²) in [6.07, 6.45) is 4.98. The maximum atomic E-state index is 13.4. The van der Waals surface area contributed by atoms with Crippen molar-refractivity contribution in [2.45, 2.75) is 43.8 Å². The fourth-order valence-corrected chi connectivity index (χ4v) is 6.19. The summed E-state index contributed by atoms with van der Waals surface area (Å²) in [5.74, 6) is 0.944. The predicted octanol–water partition coefficient (Wildman–Crippen LogP) is 3.44. The first kappa shape index (κ1) is 23.8. The number of ether oxygens (including phenoxy) is 2. The van der Waals surface area contributed by atoms with Gasteiger partial charge in [0.2, 0.25) is 5.91 Å². The zero-order chi connectivity index (χ0) is 23.2. The van der Waals surface area contributed by atoms with Crippen LogP contribution in [-0.2, 0) is 35.3 Å². The molecule has 0 saturated carbocycles. The highest BCUT2D eigenvalue weighted by molar-refractivity contribution is 7.99. The number of amides is 1. The minimum atomic E-state index is -0.0772. The highest BCUT2D eigenvalue weighted by Gasteiger charge is 2.22. The molecule has 0 unspecified atom stereocenters. The summed E-state index contributed by atoms with van der Waals surface area (Å²) in [6.45, 7) is 1.39. The molecule has 9 heteroatoms. The van der Waals surface area contributed by atoms with E-state index in [1.165, 1.54) is 22.2 Å². The SMILES string of the molecule is COCCn1c(SCC(=O)NCCc2ccc(OC)cc2)nc2sc3c(c2c1=O)CCCC3. The van der Waals surface area contributed by atoms with E-state index in [0.717, 1.165) is 53.6 Å². The highest BCUT2D eigenvalue weighted by atomic mass is 32.2. The molecular weight excluding hydrogens is 458 g/mol. The van der Waals surface area contributed by atoms with Crippen molar-refractivity contribution in [2.24, 2.45) is 0 Å². The number of nitrogens with one attached hydrogen (secondary N) is 1. The topological polar surface area (TPSA) is 82.4 Å². The van der Waals surface area contributed by atoms with Crippen molar-refractivity contribution in [2.75, 3.05) is 33.1 Å². The maximum absolute atomic E-state index is 13.4. The van der Waals surface area contributed by atoms with E-state index in [-0.39, 0.29) is 17.2 Å². The molecule has 1 aliphatic rings. The molecule has 0 spiro atoms. The van der Waals surface area contributed by atoms with Gasteiger partial charge in [-0.15, -0.1) is 11.3 Å². The van der Waals surface area contributed by atoms with E-state index in [0.29, 0.717) is 24.9 Å². The summed E-state index contributed by atoms with van der Waals surface area (Å²) in [5, 5.41) is 4.30. The van der Waals surface area contributed by atoms with E-state index in [1.54, 1.807) is 30.1 Å². The molecule has 2 heterocycles. The lowest BCUT2D eigenvalue weighted by Gasteiger charge is -2.13. The van der Waals surface area contributed by atoms with E-state index >= 15 is 0 Å². The summed E-state index contributed by atoms with van der Waals surface area (Å²) in [7, 11) is 3.26. The van der Waals surface area contributed by atoms with E-state index < -0.39 is 0 Å². The molecule has 1 N–H and O–H groups in total. The Labute approximate surface area is 201 Å². The van der Waals surface area contributed by atoms with Crippen molar-refractivity contribution in [3.63, 3.8) is 0 Å². The van der Waals surface area contributed by atoms with E-state index in [9.17, 15) is 9.59 Å². The van der Waals surface area contributed by atoms with Gasteiger partial charge in [-0.2, -0.15) is 0 Å². The van der Waals surface area contributed by atoms with Gasteiger partial charge >= 0.3 is 0 Å². The Morgan fingerprint density at radius 1 is 1.21 bits per heavy atom. The molecule has 7 nitrogen and oxygen atoms in total. The second-order valence-electron chi connectivity index (χ2n) is 7.97. The van der Waals surface area contributed by atoms with Gasteiger partial charge in [0.05, 0.1) is 31.4 Å². The molecule has 2 aromatic heterocycles. The van der Waals surface area contributed by atoms with Gasteiger partial charge in [-0.3, -0.25) is 14.2 Å². The summed E-state index contributed by atoms with van der Waals surface area (Å²) in [6, 6.07) is 7.81. The molecule has 3 aromatic rings. The third-order valence-electron chi connectivity index (χ3n) is 5.79. The number of carbonyl (C=O) groups excluding carboxylic acids is 1. The number of benzene rings is 1. The number of thiophene rings is 1. The standard InChI is InChI=1S/C24H29N3O4S2/c1-30-14-13-27-23(29)21-18-5-3-4-6-19(18)33-22(21)26-24(27)32-15-20(28)25-12-11-16-7-9-17(31-2)10-8-16/h7-10H,3-6,11-15H2,1-2H3,(H,25,28). The van der Waals surface area contributed by atoms with Crippen LogP contribution in [0, 0.1) is 0 Å².